The van der Waals surface area contributed by atoms with E-state index in [1.54, 1.807) is 0 Å². The van der Waals surface area contributed by atoms with Crippen LogP contribution in [0.4, 0.5) is 10.2 Å². The first-order valence-electron chi connectivity index (χ1n) is 7.57. The minimum atomic E-state index is -1.30. The van der Waals surface area contributed by atoms with E-state index in [0.29, 0.717) is 0 Å². The van der Waals surface area contributed by atoms with Crippen LogP contribution in [0, 0.1) is 6.08 Å². The summed E-state index contributed by atoms with van der Waals surface area (Å²) in [5.41, 5.74) is 5.74. The number of carbonyl (C=O) groups excluding carboxylic acids is 2. The van der Waals surface area contributed by atoms with Gasteiger partial charge in [-0.05, 0) is 0 Å². The molecule has 0 amide bonds. The van der Waals surface area contributed by atoms with Crippen LogP contribution in [0.3, 0.4) is 0 Å². The molecule has 2 aromatic rings. The molecular weight excluding hydrogens is 353 g/mol. The number of fused-ring (bicyclic) bond motifs is 1. The summed E-state index contributed by atoms with van der Waals surface area (Å²) in [5, 5.41) is 10.4. The zero-order valence-corrected chi connectivity index (χ0v) is 13.8. The molecule has 11 nitrogen and oxygen atoms in total. The Morgan fingerprint density at radius 2 is 2.12 bits per heavy atom. The lowest BCUT2D eigenvalue weighted by atomic mass is 10.1. The van der Waals surface area contributed by atoms with Crippen LogP contribution < -0.4 is 5.73 Å². The molecule has 3 N–H and O–H groups in total. The number of rotatable bonds is 4. The molecule has 1 aliphatic rings. The van der Waals surface area contributed by atoms with E-state index in [4.69, 9.17) is 19.9 Å². The molecule has 0 bridgehead atoms. The molecule has 2 aromatic heterocycles. The molecule has 1 fully saturated rings. The van der Waals surface area contributed by atoms with Crippen molar-refractivity contribution in [3.05, 3.63) is 12.4 Å². The number of esters is 2. The first-order valence-corrected chi connectivity index (χ1v) is 7.57. The van der Waals surface area contributed by atoms with Crippen molar-refractivity contribution in [1.82, 2.24) is 19.5 Å². The fraction of sp³-hybridized carbons (Fsp3) is 0.500. The highest BCUT2D eigenvalue weighted by atomic mass is 19.1. The van der Waals surface area contributed by atoms with E-state index >= 15 is 0 Å². The molecule has 3 heterocycles. The molecule has 12 heteroatoms. The summed E-state index contributed by atoms with van der Waals surface area (Å²) in [5.74, 6) is -1.41. The predicted octanol–water partition coefficient (Wildman–Crippen LogP) is -0.699. The summed E-state index contributed by atoms with van der Waals surface area (Å²) in [7, 11) is 0. The summed E-state index contributed by atoms with van der Waals surface area (Å²) in [6, 6.07) is 0. The van der Waals surface area contributed by atoms with E-state index in [2.05, 4.69) is 15.0 Å². The van der Waals surface area contributed by atoms with Crippen molar-refractivity contribution in [2.45, 2.75) is 38.4 Å². The minimum Gasteiger partial charge on any atom is -0.463 e. The Morgan fingerprint density at radius 1 is 1.38 bits per heavy atom. The Hall–Kier alpha value is -2.86. The number of aromatic nitrogens is 4. The Balaban J connectivity index is 1.98. The van der Waals surface area contributed by atoms with Crippen molar-refractivity contribution in [2.75, 3.05) is 12.3 Å². The average molecular weight is 369 g/mol. The predicted molar refractivity (Wildman–Crippen MR) is 81.8 cm³/mol. The molecule has 0 radical (unpaired) electrons. The highest BCUT2D eigenvalue weighted by molar-refractivity contribution is 5.81. The zero-order chi connectivity index (χ0) is 19.0. The van der Waals surface area contributed by atoms with Crippen LogP contribution in [0.5, 0.6) is 0 Å². The molecular formula is C14H16FN5O6. The number of ether oxygens (including phenoxy) is 3. The second kappa shape index (κ2) is 6.80. The number of hydrogen-bond donors (Lipinski definition) is 2. The monoisotopic (exact) mass is 369 g/mol. The molecule has 140 valence electrons. The number of hydrogen-bond acceptors (Lipinski definition) is 10. The number of carbonyl (C=O) groups is 2. The molecule has 0 saturated carbocycles. The quantitative estimate of drug-likeness (QED) is 0.523. The van der Waals surface area contributed by atoms with E-state index in [1.165, 1.54) is 17.8 Å². The number of nitrogens with two attached hydrogens (primary N) is 1. The fourth-order valence-electron chi connectivity index (χ4n) is 2.70. The zero-order valence-electron chi connectivity index (χ0n) is 13.8. The van der Waals surface area contributed by atoms with Gasteiger partial charge in [0.15, 0.2) is 29.3 Å². The first kappa shape index (κ1) is 17.9. The van der Waals surface area contributed by atoms with Crippen LogP contribution in [0.25, 0.3) is 11.2 Å². The van der Waals surface area contributed by atoms with Crippen molar-refractivity contribution in [1.29, 1.82) is 0 Å². The number of imidazole rings is 1. The number of aliphatic hydroxyl groups is 1. The maximum absolute atomic E-state index is 13.5. The van der Waals surface area contributed by atoms with Gasteiger partial charge >= 0.3 is 18.0 Å². The fourth-order valence-corrected chi connectivity index (χ4v) is 2.70. The number of nitrogens with zero attached hydrogens (tertiary/aromatic N) is 4. The van der Waals surface area contributed by atoms with Gasteiger partial charge < -0.3 is 25.1 Å². The Labute approximate surface area is 145 Å². The van der Waals surface area contributed by atoms with Crippen molar-refractivity contribution in [3.8, 4) is 0 Å². The molecule has 0 aromatic carbocycles. The van der Waals surface area contributed by atoms with E-state index in [-0.39, 0.29) is 23.6 Å². The van der Waals surface area contributed by atoms with E-state index in [1.807, 2.05) is 0 Å². The maximum atomic E-state index is 13.5. The molecule has 0 spiro atoms. The van der Waals surface area contributed by atoms with Gasteiger partial charge in [-0.2, -0.15) is 14.4 Å². The normalized spacial score (nSPS) is 25.4. The van der Waals surface area contributed by atoms with Crippen molar-refractivity contribution in [3.63, 3.8) is 0 Å². The van der Waals surface area contributed by atoms with Gasteiger partial charge in [-0.25, -0.2) is 4.98 Å². The third kappa shape index (κ3) is 3.28. The lowest BCUT2D eigenvalue weighted by Gasteiger charge is -2.21. The topological polar surface area (TPSA) is 152 Å². The van der Waals surface area contributed by atoms with Gasteiger partial charge in [-0.3, -0.25) is 14.2 Å². The molecule has 1 aliphatic heterocycles. The van der Waals surface area contributed by atoms with E-state index in [9.17, 15) is 19.1 Å². The summed E-state index contributed by atoms with van der Waals surface area (Å²) in [4.78, 5) is 33.4. The molecule has 0 aliphatic carbocycles. The van der Waals surface area contributed by atoms with Gasteiger partial charge in [0.05, 0.1) is 6.33 Å². The molecule has 1 saturated heterocycles. The van der Waals surface area contributed by atoms with E-state index in [0.717, 1.165) is 6.92 Å². The number of aliphatic hydroxyl groups excluding tert-OH is 1. The standard InChI is InChI=1S/C14H16FN5O6/c1-5(21)24-3-7-9(23)10(25-6(2)22)13(26-7)20-4-17-8-11(16)18-14(15)19-12(8)20/h4,7,9-10,13,23H,3H2,1-2H3,(H2,16,18,19)/t7-,9-,10-,13-/m1/s1. The largest absolute Gasteiger partial charge is 0.463 e. The third-order valence-electron chi connectivity index (χ3n) is 3.76. The van der Waals surface area contributed by atoms with Crippen molar-refractivity contribution in [2.24, 2.45) is 0 Å². The summed E-state index contributed by atoms with van der Waals surface area (Å²) >= 11 is 0. The second-order valence-electron chi connectivity index (χ2n) is 5.63. The van der Waals surface area contributed by atoms with Crippen molar-refractivity contribution >= 4 is 28.9 Å². The lowest BCUT2D eigenvalue weighted by molar-refractivity contribution is -0.155. The minimum absolute atomic E-state index is 0.00233. The van der Waals surface area contributed by atoms with Gasteiger partial charge in [-0.15, -0.1) is 0 Å². The highest BCUT2D eigenvalue weighted by Gasteiger charge is 2.48. The van der Waals surface area contributed by atoms with Gasteiger partial charge in [0, 0.05) is 13.8 Å². The smallest absolute Gasteiger partial charge is 0.312 e. The molecule has 0 unspecified atom stereocenters. The SMILES string of the molecule is CC(=O)OC[C@H]1O[C@@H](n2cnc3c(N)nc(F)nc32)[C@H](OC(C)=O)[C@@H]1O. The number of nitrogen functional groups attached to an aromatic ring is 1. The van der Waals surface area contributed by atoms with Crippen LogP contribution in [-0.2, 0) is 23.8 Å². The van der Waals surface area contributed by atoms with Crippen molar-refractivity contribution < 1.29 is 33.3 Å². The number of anilines is 1. The van der Waals surface area contributed by atoms with E-state index < -0.39 is 42.6 Å². The van der Waals surface area contributed by atoms with Crippen LogP contribution in [0.15, 0.2) is 6.33 Å². The molecule has 3 rings (SSSR count). The molecule has 26 heavy (non-hydrogen) atoms. The van der Waals surface area contributed by atoms with Gasteiger partial charge in [0.25, 0.3) is 0 Å². The van der Waals surface area contributed by atoms with Gasteiger partial charge in [0.1, 0.15) is 18.8 Å². The Morgan fingerprint density at radius 3 is 2.77 bits per heavy atom. The third-order valence-corrected chi connectivity index (χ3v) is 3.76. The van der Waals surface area contributed by atoms with Gasteiger partial charge in [0.2, 0.25) is 0 Å². The van der Waals surface area contributed by atoms with Crippen LogP contribution in [0.1, 0.15) is 20.1 Å². The maximum Gasteiger partial charge on any atom is 0.312 e. The lowest BCUT2D eigenvalue weighted by Crippen LogP contribution is -2.37. The Bertz CT molecular complexity index is 858. The summed E-state index contributed by atoms with van der Waals surface area (Å²) < 4.78 is 30.4. The van der Waals surface area contributed by atoms with Gasteiger partial charge in [-0.1, -0.05) is 0 Å². The van der Waals surface area contributed by atoms with Crippen LogP contribution >= 0.6 is 0 Å². The number of halogens is 1. The molecule has 4 atom stereocenters. The van der Waals surface area contributed by atoms with Crippen LogP contribution in [-0.4, -0.2) is 61.5 Å². The second-order valence-corrected chi connectivity index (χ2v) is 5.63. The summed E-state index contributed by atoms with van der Waals surface area (Å²) in [6.45, 7) is 2.10. The Kier molecular flexibility index (Phi) is 4.70. The summed E-state index contributed by atoms with van der Waals surface area (Å²) in [6.07, 6.45) is -4.36. The first-order chi connectivity index (χ1) is 12.3. The highest BCUT2D eigenvalue weighted by Crippen LogP contribution is 2.34. The average Bonchev–Trinajstić information content (AvgIpc) is 3.08. The van der Waals surface area contributed by atoms with Crippen LogP contribution in [0.2, 0.25) is 0 Å².